The number of nitrogens with zero attached hydrogens (tertiary/aromatic N) is 2. The fourth-order valence-electron chi connectivity index (χ4n) is 3.18. The van der Waals surface area contributed by atoms with Crippen LogP contribution in [0.4, 0.5) is 5.69 Å². The number of rotatable bonds is 4. The van der Waals surface area contributed by atoms with Crippen LogP contribution in [-0.2, 0) is 4.79 Å². The van der Waals surface area contributed by atoms with E-state index < -0.39 is 34.8 Å². The number of nitro benzene ring substituents is 1. The highest BCUT2D eigenvalue weighted by atomic mass is 16.6. The molecule has 0 bridgehead atoms. The second-order valence-corrected chi connectivity index (χ2v) is 5.58. The van der Waals surface area contributed by atoms with Crippen LogP contribution in [-0.4, -0.2) is 35.6 Å². The number of benzene rings is 1. The molecule has 1 amide bonds. The summed E-state index contributed by atoms with van der Waals surface area (Å²) in [5.74, 6) is -1.48. The number of nitro groups is 1. The molecule has 0 saturated heterocycles. The molecule has 0 aromatic heterocycles. The van der Waals surface area contributed by atoms with Gasteiger partial charge in [0.2, 0.25) is 5.91 Å². The number of amides is 1. The van der Waals surface area contributed by atoms with Gasteiger partial charge >= 0.3 is 0 Å². The van der Waals surface area contributed by atoms with Crippen molar-refractivity contribution >= 4 is 11.6 Å². The Labute approximate surface area is 138 Å². The van der Waals surface area contributed by atoms with E-state index in [1.807, 2.05) is 6.07 Å². The molecule has 126 valence electrons. The molecular formula is C16H18N4O4. The largest absolute Gasteiger partial charge is 0.394 e. The van der Waals surface area contributed by atoms with Crippen molar-refractivity contribution < 1.29 is 14.8 Å². The molecule has 1 heterocycles. The molecule has 1 aromatic carbocycles. The van der Waals surface area contributed by atoms with Crippen LogP contribution in [0.15, 0.2) is 36.0 Å². The molecule has 0 spiro atoms. The van der Waals surface area contributed by atoms with E-state index in [1.165, 1.54) is 25.2 Å². The van der Waals surface area contributed by atoms with Crippen LogP contribution in [0.3, 0.4) is 0 Å². The van der Waals surface area contributed by atoms with Crippen LogP contribution in [0.25, 0.3) is 0 Å². The number of para-hydroxylation sites is 1. The van der Waals surface area contributed by atoms with Crippen molar-refractivity contribution in [3.05, 3.63) is 51.7 Å². The molecule has 3 atom stereocenters. The van der Waals surface area contributed by atoms with Gasteiger partial charge in [-0.15, -0.1) is 0 Å². The number of aliphatic hydroxyl groups is 1. The molecule has 8 nitrogen and oxygen atoms in total. The molecule has 0 saturated carbocycles. The zero-order valence-electron chi connectivity index (χ0n) is 13.3. The number of allylic oxidation sites excluding steroid dienone is 2. The Balaban J connectivity index is 2.77. The molecule has 1 aliphatic rings. The quantitative estimate of drug-likeness (QED) is 0.553. The molecule has 1 aromatic rings. The summed E-state index contributed by atoms with van der Waals surface area (Å²) >= 11 is 0. The van der Waals surface area contributed by atoms with Gasteiger partial charge in [0.05, 0.1) is 23.6 Å². The molecule has 0 aliphatic carbocycles. The first-order valence-electron chi connectivity index (χ1n) is 7.35. The SMILES string of the molecule is CNC(=O)C1(C#N)C(CO)NC(C)=CC1c1ccccc1[N+](=O)[O-]. The minimum absolute atomic E-state index is 0.173. The van der Waals surface area contributed by atoms with Gasteiger partial charge < -0.3 is 15.7 Å². The molecule has 0 radical (unpaired) electrons. The highest BCUT2D eigenvalue weighted by Crippen LogP contribution is 2.46. The lowest BCUT2D eigenvalue weighted by molar-refractivity contribution is -0.385. The van der Waals surface area contributed by atoms with E-state index in [-0.39, 0.29) is 11.3 Å². The summed E-state index contributed by atoms with van der Waals surface area (Å²) in [6.45, 7) is 1.25. The maximum Gasteiger partial charge on any atom is 0.273 e. The van der Waals surface area contributed by atoms with Crippen molar-refractivity contribution in [1.82, 2.24) is 10.6 Å². The summed E-state index contributed by atoms with van der Waals surface area (Å²) in [6, 6.07) is 7.12. The summed E-state index contributed by atoms with van der Waals surface area (Å²) in [4.78, 5) is 23.4. The number of hydrogen-bond donors (Lipinski definition) is 3. The van der Waals surface area contributed by atoms with E-state index >= 15 is 0 Å². The molecule has 3 N–H and O–H groups in total. The summed E-state index contributed by atoms with van der Waals surface area (Å²) in [7, 11) is 1.39. The molecule has 0 fully saturated rings. The smallest absolute Gasteiger partial charge is 0.273 e. The van der Waals surface area contributed by atoms with E-state index in [9.17, 15) is 25.3 Å². The van der Waals surface area contributed by atoms with Crippen LogP contribution < -0.4 is 10.6 Å². The monoisotopic (exact) mass is 330 g/mol. The van der Waals surface area contributed by atoms with Gasteiger partial charge in [0.1, 0.15) is 0 Å². The number of nitrogens with one attached hydrogen (secondary N) is 2. The van der Waals surface area contributed by atoms with Crippen molar-refractivity contribution in [2.45, 2.75) is 18.9 Å². The topological polar surface area (TPSA) is 128 Å². The highest BCUT2D eigenvalue weighted by Gasteiger charge is 2.55. The predicted molar refractivity (Wildman–Crippen MR) is 85.7 cm³/mol. The predicted octanol–water partition coefficient (Wildman–Crippen LogP) is 0.802. The number of aliphatic hydroxyl groups excluding tert-OH is 1. The first-order valence-corrected chi connectivity index (χ1v) is 7.35. The lowest BCUT2D eigenvalue weighted by Crippen LogP contribution is -2.59. The molecule has 3 unspecified atom stereocenters. The second kappa shape index (κ2) is 6.68. The summed E-state index contributed by atoms with van der Waals surface area (Å²) in [5, 5.41) is 36.3. The summed E-state index contributed by atoms with van der Waals surface area (Å²) < 4.78 is 0. The summed E-state index contributed by atoms with van der Waals surface area (Å²) in [6.07, 6.45) is 1.62. The Morgan fingerprint density at radius 1 is 1.54 bits per heavy atom. The minimum Gasteiger partial charge on any atom is -0.394 e. The van der Waals surface area contributed by atoms with Crippen LogP contribution in [0, 0.1) is 26.9 Å². The van der Waals surface area contributed by atoms with Crippen LogP contribution in [0.1, 0.15) is 18.4 Å². The maximum absolute atomic E-state index is 12.6. The number of carbonyl (C=O) groups is 1. The van der Waals surface area contributed by atoms with Gasteiger partial charge in [-0.1, -0.05) is 24.3 Å². The molecule has 24 heavy (non-hydrogen) atoms. The van der Waals surface area contributed by atoms with Gasteiger partial charge in [0, 0.05) is 30.3 Å². The van der Waals surface area contributed by atoms with Crippen molar-refractivity contribution in [2.75, 3.05) is 13.7 Å². The van der Waals surface area contributed by atoms with Crippen LogP contribution in [0.2, 0.25) is 0 Å². The van der Waals surface area contributed by atoms with Crippen molar-refractivity contribution in [3.8, 4) is 6.07 Å². The zero-order valence-corrected chi connectivity index (χ0v) is 13.3. The van der Waals surface area contributed by atoms with Crippen LogP contribution >= 0.6 is 0 Å². The Morgan fingerprint density at radius 2 is 2.21 bits per heavy atom. The van der Waals surface area contributed by atoms with E-state index in [0.717, 1.165) is 0 Å². The van der Waals surface area contributed by atoms with Crippen LogP contribution in [0.5, 0.6) is 0 Å². The number of hydrogen-bond acceptors (Lipinski definition) is 6. The third kappa shape index (κ3) is 2.59. The van der Waals surface area contributed by atoms with E-state index in [0.29, 0.717) is 5.70 Å². The third-order valence-electron chi connectivity index (χ3n) is 4.30. The van der Waals surface area contributed by atoms with Crippen molar-refractivity contribution in [1.29, 1.82) is 5.26 Å². The molecule has 8 heteroatoms. The van der Waals surface area contributed by atoms with Gasteiger partial charge in [-0.05, 0) is 6.92 Å². The Morgan fingerprint density at radius 3 is 2.75 bits per heavy atom. The lowest BCUT2D eigenvalue weighted by atomic mass is 9.65. The fourth-order valence-corrected chi connectivity index (χ4v) is 3.18. The molecular weight excluding hydrogens is 312 g/mol. The lowest BCUT2D eigenvalue weighted by Gasteiger charge is -2.42. The van der Waals surface area contributed by atoms with E-state index in [1.54, 1.807) is 19.1 Å². The average Bonchev–Trinajstić information content (AvgIpc) is 2.60. The van der Waals surface area contributed by atoms with Gasteiger partial charge in [-0.3, -0.25) is 14.9 Å². The highest BCUT2D eigenvalue weighted by molar-refractivity contribution is 5.88. The molecule has 2 rings (SSSR count). The van der Waals surface area contributed by atoms with Gasteiger partial charge in [-0.2, -0.15) is 5.26 Å². The van der Waals surface area contributed by atoms with E-state index in [4.69, 9.17) is 0 Å². The van der Waals surface area contributed by atoms with Crippen molar-refractivity contribution in [2.24, 2.45) is 5.41 Å². The van der Waals surface area contributed by atoms with Gasteiger partial charge in [0.25, 0.3) is 5.69 Å². The minimum atomic E-state index is -1.71. The maximum atomic E-state index is 12.6. The van der Waals surface area contributed by atoms with Gasteiger partial charge in [0.15, 0.2) is 5.41 Å². The Bertz CT molecular complexity index is 740. The van der Waals surface area contributed by atoms with E-state index in [2.05, 4.69) is 10.6 Å². The second-order valence-electron chi connectivity index (χ2n) is 5.58. The van der Waals surface area contributed by atoms with Gasteiger partial charge in [-0.25, -0.2) is 0 Å². The first kappa shape index (κ1) is 17.4. The first-order chi connectivity index (χ1) is 11.4. The Kier molecular flexibility index (Phi) is 4.85. The standard InChI is InChI=1S/C16H18N4O4/c1-10-7-12(11-5-3-4-6-13(11)20(23)24)16(9-17,15(22)18-2)14(8-21)19-10/h3-7,12,14,19,21H,8H2,1-2H3,(H,18,22). The molecule has 1 aliphatic heterocycles. The fraction of sp³-hybridized carbons (Fsp3) is 0.375. The van der Waals surface area contributed by atoms with Crippen molar-refractivity contribution in [3.63, 3.8) is 0 Å². The number of carbonyl (C=O) groups excluding carboxylic acids is 1. The Hall–Kier alpha value is -2.92. The summed E-state index contributed by atoms with van der Waals surface area (Å²) in [5.41, 5.74) is -0.998. The zero-order chi connectivity index (χ0) is 17.9. The third-order valence-corrected chi connectivity index (χ3v) is 4.30. The normalized spacial score (nSPS) is 25.8. The number of nitriles is 1. The average molecular weight is 330 g/mol.